The van der Waals surface area contributed by atoms with Crippen molar-refractivity contribution >= 4 is 11.9 Å². The molecule has 4 aromatic rings. The zero-order chi connectivity index (χ0) is 26.0. The summed E-state index contributed by atoms with van der Waals surface area (Å²) in [6.07, 6.45) is 1.66. The zero-order valence-corrected chi connectivity index (χ0v) is 20.4. The van der Waals surface area contributed by atoms with Crippen LogP contribution in [0.3, 0.4) is 0 Å². The molecule has 1 saturated heterocycles. The molecule has 1 fully saturated rings. The van der Waals surface area contributed by atoms with Gasteiger partial charge in [0.25, 0.3) is 0 Å². The lowest BCUT2D eigenvalue weighted by Gasteiger charge is -2.35. The predicted molar refractivity (Wildman–Crippen MR) is 135 cm³/mol. The molecule has 4 N–H and O–H groups in total. The van der Waals surface area contributed by atoms with E-state index in [4.69, 9.17) is 25.2 Å². The number of amides is 1. The van der Waals surface area contributed by atoms with E-state index in [0.29, 0.717) is 34.4 Å². The average molecular weight is 503 g/mol. The maximum atomic E-state index is 13.7. The minimum absolute atomic E-state index is 0.0218. The summed E-state index contributed by atoms with van der Waals surface area (Å²) >= 11 is 0. The SMILES string of the molecule is CC(Nc1nccc(-c2[nH]c(C3(C)OCC(C(N)=O)CO3)nc2-c2ccc(F)cc2)n1)c1ccccc1. The average Bonchev–Trinajstić information content (AvgIpc) is 3.37. The highest BCUT2D eigenvalue weighted by Gasteiger charge is 2.40. The van der Waals surface area contributed by atoms with Crippen LogP contribution in [0.2, 0.25) is 0 Å². The van der Waals surface area contributed by atoms with Crippen LogP contribution < -0.4 is 11.1 Å². The van der Waals surface area contributed by atoms with E-state index >= 15 is 0 Å². The fraction of sp³-hybridized carbons (Fsp3) is 0.259. The molecular weight excluding hydrogens is 475 g/mol. The summed E-state index contributed by atoms with van der Waals surface area (Å²) < 4.78 is 25.4. The Morgan fingerprint density at radius 1 is 1.11 bits per heavy atom. The van der Waals surface area contributed by atoms with E-state index in [-0.39, 0.29) is 25.1 Å². The topological polar surface area (TPSA) is 128 Å². The summed E-state index contributed by atoms with van der Waals surface area (Å²) in [5, 5.41) is 3.33. The molecule has 0 bridgehead atoms. The van der Waals surface area contributed by atoms with Gasteiger partial charge in [-0.2, -0.15) is 0 Å². The number of nitrogens with two attached hydrogens (primary N) is 1. The maximum Gasteiger partial charge on any atom is 0.225 e. The third-order valence-electron chi connectivity index (χ3n) is 6.33. The number of nitrogens with zero attached hydrogens (tertiary/aromatic N) is 3. The molecule has 3 heterocycles. The van der Waals surface area contributed by atoms with Gasteiger partial charge in [-0.3, -0.25) is 4.79 Å². The Hall–Kier alpha value is -4.15. The Morgan fingerprint density at radius 3 is 2.49 bits per heavy atom. The number of H-pyrrole nitrogens is 1. The number of rotatable bonds is 7. The van der Waals surface area contributed by atoms with E-state index in [2.05, 4.69) is 15.3 Å². The fourth-order valence-corrected chi connectivity index (χ4v) is 4.09. The number of nitrogens with one attached hydrogen (secondary N) is 2. The van der Waals surface area contributed by atoms with Crippen molar-refractivity contribution in [2.24, 2.45) is 11.7 Å². The first kappa shape index (κ1) is 24.5. The Balaban J connectivity index is 1.50. The Kier molecular flexibility index (Phi) is 6.68. The Bertz CT molecular complexity index is 1390. The van der Waals surface area contributed by atoms with Crippen LogP contribution in [0.25, 0.3) is 22.6 Å². The molecule has 0 aliphatic carbocycles. The van der Waals surface area contributed by atoms with Crippen molar-refractivity contribution in [1.29, 1.82) is 0 Å². The van der Waals surface area contributed by atoms with Gasteiger partial charge in [0.2, 0.25) is 17.6 Å². The van der Waals surface area contributed by atoms with Crippen molar-refractivity contribution in [3.63, 3.8) is 0 Å². The lowest BCUT2D eigenvalue weighted by molar-refractivity contribution is -0.281. The van der Waals surface area contributed by atoms with Crippen molar-refractivity contribution in [3.8, 4) is 22.6 Å². The number of anilines is 1. The predicted octanol–water partition coefficient (Wildman–Crippen LogP) is 4.17. The number of ether oxygens (including phenoxy) is 2. The lowest BCUT2D eigenvalue weighted by Crippen LogP contribution is -2.44. The number of carbonyl (C=O) groups is 1. The van der Waals surface area contributed by atoms with Crippen LogP contribution in [0.1, 0.15) is 31.3 Å². The largest absolute Gasteiger partial charge is 0.369 e. The first-order valence-corrected chi connectivity index (χ1v) is 11.9. The van der Waals surface area contributed by atoms with Crippen LogP contribution >= 0.6 is 0 Å². The summed E-state index contributed by atoms with van der Waals surface area (Å²) in [6, 6.07) is 17.8. The normalized spacial score (nSPS) is 20.4. The van der Waals surface area contributed by atoms with Crippen LogP contribution in [-0.2, 0) is 20.1 Å². The number of halogens is 1. The van der Waals surface area contributed by atoms with Crippen molar-refractivity contribution in [2.75, 3.05) is 18.5 Å². The summed E-state index contributed by atoms with van der Waals surface area (Å²) in [5.41, 5.74) is 8.88. The first-order chi connectivity index (χ1) is 17.8. The third-order valence-corrected chi connectivity index (χ3v) is 6.33. The third kappa shape index (κ3) is 5.20. The van der Waals surface area contributed by atoms with Gasteiger partial charge in [-0.15, -0.1) is 0 Å². The van der Waals surface area contributed by atoms with E-state index in [1.54, 1.807) is 31.3 Å². The van der Waals surface area contributed by atoms with Gasteiger partial charge in [0.1, 0.15) is 5.82 Å². The van der Waals surface area contributed by atoms with Gasteiger partial charge in [0.15, 0.2) is 5.82 Å². The molecule has 0 spiro atoms. The molecule has 1 atom stereocenters. The van der Waals surface area contributed by atoms with Crippen molar-refractivity contribution in [2.45, 2.75) is 25.7 Å². The van der Waals surface area contributed by atoms with Crippen LogP contribution in [0.15, 0.2) is 66.9 Å². The van der Waals surface area contributed by atoms with E-state index in [1.165, 1.54) is 12.1 Å². The summed E-state index contributed by atoms with van der Waals surface area (Å²) in [7, 11) is 0. The van der Waals surface area contributed by atoms with Gasteiger partial charge in [0.05, 0.1) is 42.3 Å². The molecule has 2 aromatic carbocycles. The molecule has 2 aromatic heterocycles. The second-order valence-corrected chi connectivity index (χ2v) is 9.03. The number of primary amides is 1. The maximum absolute atomic E-state index is 13.7. The molecule has 1 aliphatic heterocycles. The number of hydrogen-bond donors (Lipinski definition) is 3. The standard InChI is InChI=1S/C27H27FN6O3/c1-16(17-6-4-3-5-7-17)31-26-30-13-12-21(32-26)23-22(18-8-10-20(28)11-9-18)33-25(34-23)27(2)36-14-19(15-37-27)24(29)35/h3-13,16,19H,14-15H2,1-2H3,(H2,29,35)(H,33,34)(H,30,31,32). The quantitative estimate of drug-likeness (QED) is 0.346. The minimum Gasteiger partial charge on any atom is -0.369 e. The molecule has 1 unspecified atom stereocenters. The van der Waals surface area contributed by atoms with E-state index < -0.39 is 17.6 Å². The first-order valence-electron chi connectivity index (χ1n) is 11.9. The molecule has 1 aliphatic rings. The molecule has 9 nitrogen and oxygen atoms in total. The van der Waals surface area contributed by atoms with E-state index in [9.17, 15) is 9.18 Å². The monoisotopic (exact) mass is 502 g/mol. The number of benzene rings is 2. The summed E-state index contributed by atoms with van der Waals surface area (Å²) in [5.74, 6) is -1.80. The molecule has 0 radical (unpaired) electrons. The number of imidazole rings is 1. The Labute approximate surface area is 213 Å². The number of carbonyl (C=O) groups excluding carboxylic acids is 1. The summed E-state index contributed by atoms with van der Waals surface area (Å²) in [4.78, 5) is 28.7. The van der Waals surface area contributed by atoms with Crippen molar-refractivity contribution in [1.82, 2.24) is 19.9 Å². The number of hydrogen-bond acceptors (Lipinski definition) is 7. The Morgan fingerprint density at radius 2 is 1.81 bits per heavy atom. The molecule has 5 rings (SSSR count). The van der Waals surface area contributed by atoms with Crippen LogP contribution in [0.4, 0.5) is 10.3 Å². The van der Waals surface area contributed by atoms with E-state index in [1.807, 2.05) is 37.3 Å². The highest BCUT2D eigenvalue weighted by molar-refractivity contribution is 5.78. The summed E-state index contributed by atoms with van der Waals surface area (Å²) in [6.45, 7) is 3.96. The molecule has 190 valence electrons. The highest BCUT2D eigenvalue weighted by Crippen LogP contribution is 2.36. The second-order valence-electron chi connectivity index (χ2n) is 9.03. The molecular formula is C27H27FN6O3. The van der Waals surface area contributed by atoms with Crippen molar-refractivity contribution in [3.05, 3.63) is 84.1 Å². The lowest BCUT2D eigenvalue weighted by atomic mass is 10.1. The minimum atomic E-state index is -1.24. The van der Waals surface area contributed by atoms with Gasteiger partial charge >= 0.3 is 0 Å². The smallest absolute Gasteiger partial charge is 0.225 e. The van der Waals surface area contributed by atoms with Gasteiger partial charge in [-0.1, -0.05) is 30.3 Å². The van der Waals surface area contributed by atoms with Gasteiger partial charge in [-0.25, -0.2) is 19.3 Å². The molecule has 1 amide bonds. The molecule has 0 saturated carbocycles. The second kappa shape index (κ2) is 10.1. The van der Waals surface area contributed by atoms with Crippen molar-refractivity contribution < 1.29 is 18.7 Å². The highest BCUT2D eigenvalue weighted by atomic mass is 19.1. The van der Waals surface area contributed by atoms with Crippen LogP contribution in [0, 0.1) is 11.7 Å². The number of aromatic nitrogens is 4. The van der Waals surface area contributed by atoms with Gasteiger partial charge in [0, 0.05) is 11.8 Å². The van der Waals surface area contributed by atoms with Crippen LogP contribution in [-0.4, -0.2) is 39.1 Å². The number of aromatic amines is 1. The van der Waals surface area contributed by atoms with Gasteiger partial charge in [-0.05, 0) is 49.7 Å². The molecule has 10 heteroatoms. The van der Waals surface area contributed by atoms with Gasteiger partial charge < -0.3 is 25.5 Å². The fourth-order valence-electron chi connectivity index (χ4n) is 4.09. The van der Waals surface area contributed by atoms with Crippen LogP contribution in [0.5, 0.6) is 0 Å². The zero-order valence-electron chi connectivity index (χ0n) is 20.4. The van der Waals surface area contributed by atoms with E-state index in [0.717, 1.165) is 5.56 Å². The molecule has 37 heavy (non-hydrogen) atoms.